The molecule has 2 amide bonds. The van der Waals surface area contributed by atoms with Gasteiger partial charge in [-0.15, -0.1) is 0 Å². The fourth-order valence-electron chi connectivity index (χ4n) is 3.95. The van der Waals surface area contributed by atoms with E-state index >= 15 is 0 Å². The maximum atomic E-state index is 12.9. The van der Waals surface area contributed by atoms with Crippen molar-refractivity contribution in [2.45, 2.75) is 30.7 Å². The first-order valence-corrected chi connectivity index (χ1v) is 13.5. The monoisotopic (exact) mass is 548 g/mol. The number of methoxy groups -OCH3 is 1. The van der Waals surface area contributed by atoms with Gasteiger partial charge in [0.2, 0.25) is 0 Å². The maximum absolute atomic E-state index is 12.9. The molecule has 0 saturated carbocycles. The Bertz CT molecular complexity index is 1380. The molecule has 8 nitrogen and oxygen atoms in total. The van der Waals surface area contributed by atoms with Crippen LogP contribution in [0.25, 0.3) is 0 Å². The molecule has 190 valence electrons. The van der Waals surface area contributed by atoms with Crippen molar-refractivity contribution in [2.24, 2.45) is 0 Å². The van der Waals surface area contributed by atoms with Crippen LogP contribution in [0, 0.1) is 0 Å². The van der Waals surface area contributed by atoms with Gasteiger partial charge < -0.3 is 20.7 Å². The molecule has 0 radical (unpaired) electrons. The molecule has 3 aromatic carbocycles. The molecule has 1 heterocycles. The molecule has 4 N–H and O–H groups in total. The first-order valence-electron chi connectivity index (χ1n) is 11.3. The Morgan fingerprint density at radius 2 is 1.75 bits per heavy atom. The molecule has 3 aromatic rings. The standard InChI is InChI=1S/C25H26Cl2N4O4S/c1-15(20-10-12-22(35-2)24(27)23(20)26)29-25(32)30-17-5-8-19(9-6-17)36(33,34)31-18-7-11-21-16(14-18)4-3-13-28-21/h5-12,14-15,28,31H,3-4,13H2,1-2H3,(H2,29,30,32). The van der Waals surface area contributed by atoms with Crippen LogP contribution in [0.15, 0.2) is 59.5 Å². The first kappa shape index (κ1) is 25.9. The number of urea groups is 1. The van der Waals surface area contributed by atoms with E-state index in [-0.39, 0.29) is 9.92 Å². The molecule has 0 saturated heterocycles. The average Bonchev–Trinajstić information content (AvgIpc) is 2.85. The summed E-state index contributed by atoms with van der Waals surface area (Å²) >= 11 is 12.5. The number of anilines is 3. The van der Waals surface area contributed by atoms with Gasteiger partial charge in [-0.25, -0.2) is 13.2 Å². The van der Waals surface area contributed by atoms with Crippen molar-refractivity contribution >= 4 is 56.3 Å². The van der Waals surface area contributed by atoms with E-state index in [0.29, 0.717) is 27.7 Å². The van der Waals surface area contributed by atoms with E-state index in [2.05, 4.69) is 20.7 Å². The van der Waals surface area contributed by atoms with Gasteiger partial charge in [0, 0.05) is 23.6 Å². The summed E-state index contributed by atoms with van der Waals surface area (Å²) in [5.41, 5.74) is 3.68. The van der Waals surface area contributed by atoms with Gasteiger partial charge >= 0.3 is 6.03 Å². The van der Waals surface area contributed by atoms with E-state index in [9.17, 15) is 13.2 Å². The lowest BCUT2D eigenvalue weighted by Gasteiger charge is -2.19. The first-order chi connectivity index (χ1) is 17.2. The van der Waals surface area contributed by atoms with Crippen molar-refractivity contribution in [1.29, 1.82) is 0 Å². The van der Waals surface area contributed by atoms with Crippen LogP contribution in [0.3, 0.4) is 0 Å². The van der Waals surface area contributed by atoms with Gasteiger partial charge in [0.15, 0.2) is 0 Å². The Kier molecular flexibility index (Phi) is 7.82. The SMILES string of the molecule is COc1ccc(C(C)NC(=O)Nc2ccc(S(=O)(=O)Nc3ccc4c(c3)CCCN4)cc2)c(Cl)c1Cl. The number of carbonyl (C=O) groups excluding carboxylic acids is 1. The zero-order valence-electron chi connectivity index (χ0n) is 19.7. The lowest BCUT2D eigenvalue weighted by Crippen LogP contribution is -2.31. The highest BCUT2D eigenvalue weighted by atomic mass is 35.5. The second kappa shape index (κ2) is 10.9. The lowest BCUT2D eigenvalue weighted by atomic mass is 10.0. The number of benzene rings is 3. The molecule has 0 aromatic heterocycles. The van der Waals surface area contributed by atoms with Crippen molar-refractivity contribution in [2.75, 3.05) is 29.0 Å². The second-order valence-electron chi connectivity index (χ2n) is 8.34. The zero-order valence-corrected chi connectivity index (χ0v) is 22.0. The number of ether oxygens (including phenoxy) is 1. The minimum atomic E-state index is -3.79. The smallest absolute Gasteiger partial charge is 0.319 e. The van der Waals surface area contributed by atoms with E-state index in [4.69, 9.17) is 27.9 Å². The number of rotatable bonds is 7. The number of sulfonamides is 1. The predicted molar refractivity (Wildman–Crippen MR) is 144 cm³/mol. The molecule has 0 aliphatic carbocycles. The Morgan fingerprint density at radius 3 is 2.47 bits per heavy atom. The van der Waals surface area contributed by atoms with Crippen molar-refractivity contribution in [3.8, 4) is 5.75 Å². The molecule has 1 aliphatic heterocycles. The van der Waals surface area contributed by atoms with Crippen LogP contribution in [-0.2, 0) is 16.4 Å². The molecule has 1 unspecified atom stereocenters. The zero-order chi connectivity index (χ0) is 25.9. The van der Waals surface area contributed by atoms with E-state index in [1.54, 1.807) is 25.1 Å². The van der Waals surface area contributed by atoms with Gasteiger partial charge in [-0.1, -0.05) is 29.3 Å². The summed E-state index contributed by atoms with van der Waals surface area (Å²) in [6.07, 6.45) is 1.90. The number of aryl methyl sites for hydroxylation is 1. The van der Waals surface area contributed by atoms with E-state index < -0.39 is 22.1 Å². The maximum Gasteiger partial charge on any atom is 0.319 e. The van der Waals surface area contributed by atoms with E-state index in [0.717, 1.165) is 30.6 Å². The van der Waals surface area contributed by atoms with Crippen LogP contribution in [0.5, 0.6) is 5.75 Å². The number of fused-ring (bicyclic) bond motifs is 1. The number of hydrogen-bond donors (Lipinski definition) is 4. The fraction of sp³-hybridized carbons (Fsp3) is 0.240. The summed E-state index contributed by atoms with van der Waals surface area (Å²) in [6.45, 7) is 2.68. The normalized spacial score (nSPS) is 13.7. The largest absolute Gasteiger partial charge is 0.495 e. The predicted octanol–water partition coefficient (Wildman–Crippen LogP) is 6.04. The van der Waals surface area contributed by atoms with Gasteiger partial charge in [-0.2, -0.15) is 0 Å². The third-order valence-electron chi connectivity index (χ3n) is 5.83. The van der Waals surface area contributed by atoms with Crippen molar-refractivity contribution in [3.05, 3.63) is 75.8 Å². The molecular weight excluding hydrogens is 523 g/mol. The van der Waals surface area contributed by atoms with Crippen LogP contribution in [0.4, 0.5) is 21.9 Å². The summed E-state index contributed by atoms with van der Waals surface area (Å²) in [4.78, 5) is 12.6. The van der Waals surface area contributed by atoms with E-state index in [1.807, 2.05) is 12.1 Å². The van der Waals surface area contributed by atoms with Crippen LogP contribution < -0.4 is 25.4 Å². The molecule has 0 fully saturated rings. The Balaban J connectivity index is 1.39. The summed E-state index contributed by atoms with van der Waals surface area (Å²) in [5, 5.41) is 9.33. The Hall–Kier alpha value is -3.14. The minimum Gasteiger partial charge on any atom is -0.495 e. The fourth-order valence-corrected chi connectivity index (χ4v) is 5.57. The minimum absolute atomic E-state index is 0.0809. The molecule has 36 heavy (non-hydrogen) atoms. The molecular formula is C25H26Cl2N4O4S. The highest BCUT2D eigenvalue weighted by molar-refractivity contribution is 7.92. The highest BCUT2D eigenvalue weighted by Gasteiger charge is 2.19. The van der Waals surface area contributed by atoms with Gasteiger partial charge in [-0.3, -0.25) is 4.72 Å². The summed E-state index contributed by atoms with van der Waals surface area (Å²) in [5.74, 6) is 0.440. The molecule has 11 heteroatoms. The number of amides is 2. The molecule has 0 bridgehead atoms. The number of hydrogen-bond acceptors (Lipinski definition) is 5. The third-order valence-corrected chi connectivity index (χ3v) is 8.11. The summed E-state index contributed by atoms with van der Waals surface area (Å²) < 4.78 is 33.5. The van der Waals surface area contributed by atoms with Gasteiger partial charge in [0.1, 0.15) is 10.8 Å². The Labute approximate surface area is 220 Å². The molecule has 1 aliphatic rings. The number of nitrogens with one attached hydrogen (secondary N) is 4. The summed E-state index contributed by atoms with van der Waals surface area (Å²) in [7, 11) is -2.30. The quantitative estimate of drug-likeness (QED) is 0.287. The van der Waals surface area contributed by atoms with Crippen LogP contribution in [-0.4, -0.2) is 28.1 Å². The molecule has 0 spiro atoms. The van der Waals surface area contributed by atoms with Gasteiger partial charge in [-0.05, 0) is 79.4 Å². The second-order valence-corrected chi connectivity index (χ2v) is 10.8. The topological polar surface area (TPSA) is 109 Å². The molecule has 1 atom stereocenters. The van der Waals surface area contributed by atoms with E-state index in [1.165, 1.54) is 31.4 Å². The van der Waals surface area contributed by atoms with Crippen molar-refractivity contribution < 1.29 is 17.9 Å². The van der Waals surface area contributed by atoms with Crippen LogP contribution in [0.1, 0.15) is 30.5 Å². The van der Waals surface area contributed by atoms with Gasteiger partial charge in [0.05, 0.1) is 23.1 Å². The average molecular weight is 549 g/mol. The lowest BCUT2D eigenvalue weighted by molar-refractivity contribution is 0.249. The van der Waals surface area contributed by atoms with Crippen molar-refractivity contribution in [1.82, 2.24) is 5.32 Å². The van der Waals surface area contributed by atoms with Crippen molar-refractivity contribution in [3.63, 3.8) is 0 Å². The summed E-state index contributed by atoms with van der Waals surface area (Å²) in [6, 6.07) is 13.8. The molecule has 4 rings (SSSR count). The highest BCUT2D eigenvalue weighted by Crippen LogP contribution is 2.37. The van der Waals surface area contributed by atoms with Gasteiger partial charge in [0.25, 0.3) is 10.0 Å². The third kappa shape index (κ3) is 5.80. The Morgan fingerprint density at radius 1 is 1.03 bits per heavy atom. The van der Waals surface area contributed by atoms with Crippen LogP contribution in [0.2, 0.25) is 10.0 Å². The van der Waals surface area contributed by atoms with Crippen LogP contribution >= 0.6 is 23.2 Å². The number of carbonyl (C=O) groups is 1. The number of halogens is 2.